The Labute approximate surface area is 195 Å². The minimum atomic E-state index is -3.82. The van der Waals surface area contributed by atoms with E-state index >= 15 is 0 Å². The van der Waals surface area contributed by atoms with Crippen molar-refractivity contribution in [2.24, 2.45) is 10.9 Å². The fourth-order valence-corrected chi connectivity index (χ4v) is 3.46. The molecule has 15 heteroatoms. The summed E-state index contributed by atoms with van der Waals surface area (Å²) >= 11 is 4.07. The third-order valence-electron chi connectivity index (χ3n) is 4.41. The maximum Gasteiger partial charge on any atom is 0.326 e. The van der Waals surface area contributed by atoms with Crippen LogP contribution in [0.3, 0.4) is 0 Å². The molecule has 1 aromatic carbocycles. The summed E-state index contributed by atoms with van der Waals surface area (Å²) in [4.78, 5) is 47.5. The fourth-order valence-electron chi connectivity index (χ4n) is 2.63. The van der Waals surface area contributed by atoms with Gasteiger partial charge in [-0.3, -0.25) is 14.4 Å². The van der Waals surface area contributed by atoms with Crippen LogP contribution < -0.4 is 21.5 Å². The molecule has 0 aliphatic carbocycles. The summed E-state index contributed by atoms with van der Waals surface area (Å²) < 4.78 is 22.2. The number of nitrogens with one attached hydrogen (secondary N) is 2. The Morgan fingerprint density at radius 3 is 2.03 bits per heavy atom. The number of aliphatic carboxylic acids is 2. The molecule has 13 nitrogen and oxygen atoms in total. The van der Waals surface area contributed by atoms with Gasteiger partial charge in [-0.25, -0.2) is 18.4 Å². The Balaban J connectivity index is 3.02. The molecular weight excluding hydrogens is 480 g/mol. The number of carboxylic acid groups (broad SMARTS) is 2. The number of primary sulfonamides is 1. The molecule has 1 aromatic rings. The lowest BCUT2D eigenvalue weighted by Gasteiger charge is -2.24. The van der Waals surface area contributed by atoms with E-state index in [9.17, 15) is 32.7 Å². The smallest absolute Gasteiger partial charge is 0.326 e. The van der Waals surface area contributed by atoms with Gasteiger partial charge in [0.25, 0.3) is 0 Å². The van der Waals surface area contributed by atoms with Gasteiger partial charge in [0.15, 0.2) is 0 Å². The average Bonchev–Trinajstić information content (AvgIpc) is 2.70. The summed E-state index contributed by atoms with van der Waals surface area (Å²) in [5, 5.41) is 35.5. The van der Waals surface area contributed by atoms with Crippen LogP contribution in [0.2, 0.25) is 0 Å². The number of aromatic hydroxyl groups is 1. The number of hydrogen-bond acceptors (Lipinski definition) is 9. The summed E-state index contributed by atoms with van der Waals surface area (Å²) in [7, 11) is -3.82. The summed E-state index contributed by atoms with van der Waals surface area (Å²) in [6.45, 7) is 0. The molecule has 2 amide bonds. The van der Waals surface area contributed by atoms with Gasteiger partial charge in [-0.2, -0.15) is 12.6 Å². The van der Waals surface area contributed by atoms with E-state index in [4.69, 9.17) is 21.1 Å². The lowest BCUT2D eigenvalue weighted by atomic mass is 10.0. The Morgan fingerprint density at radius 2 is 1.55 bits per heavy atom. The normalized spacial score (nSPS) is 15.0. The predicted octanol–water partition coefficient (Wildman–Crippen LogP) is -2.23. The number of carbonyl (C=O) groups is 4. The third kappa shape index (κ3) is 10.5. The zero-order valence-electron chi connectivity index (χ0n) is 17.2. The zero-order chi connectivity index (χ0) is 25.3. The molecule has 0 radical (unpaired) electrons. The number of rotatable bonds is 13. The van der Waals surface area contributed by atoms with Gasteiger partial charge in [0, 0.05) is 12.5 Å². The first-order valence-corrected chi connectivity index (χ1v) is 11.7. The van der Waals surface area contributed by atoms with Gasteiger partial charge in [0.05, 0.1) is 17.4 Å². The first-order valence-electron chi connectivity index (χ1n) is 9.47. The number of hydrogen-bond donors (Lipinski definition) is 8. The molecule has 0 fully saturated rings. The van der Waals surface area contributed by atoms with Gasteiger partial charge < -0.3 is 31.7 Å². The molecule has 1 rings (SSSR count). The van der Waals surface area contributed by atoms with Crippen molar-refractivity contribution in [1.82, 2.24) is 10.6 Å². The molecule has 184 valence electrons. The van der Waals surface area contributed by atoms with Crippen LogP contribution in [0.1, 0.15) is 18.4 Å². The summed E-state index contributed by atoms with van der Waals surface area (Å²) in [6.07, 6.45) is -1.23. The molecular formula is C18H26N4O9S2. The highest BCUT2D eigenvalue weighted by Crippen LogP contribution is 2.13. The van der Waals surface area contributed by atoms with Gasteiger partial charge in [-0.1, -0.05) is 12.1 Å². The molecule has 4 atom stereocenters. The van der Waals surface area contributed by atoms with Crippen LogP contribution in [0.25, 0.3) is 0 Å². The fraction of sp³-hybridized carbons (Fsp3) is 0.444. The van der Waals surface area contributed by atoms with Gasteiger partial charge >= 0.3 is 11.9 Å². The third-order valence-corrected chi connectivity index (χ3v) is 5.83. The van der Waals surface area contributed by atoms with Gasteiger partial charge in [0.1, 0.15) is 17.8 Å². The number of amides is 2. The van der Waals surface area contributed by atoms with E-state index in [2.05, 4.69) is 23.3 Å². The van der Waals surface area contributed by atoms with Crippen LogP contribution in [0.15, 0.2) is 24.3 Å². The van der Waals surface area contributed by atoms with E-state index in [0.29, 0.717) is 5.56 Å². The molecule has 33 heavy (non-hydrogen) atoms. The van der Waals surface area contributed by atoms with Crippen molar-refractivity contribution >= 4 is 46.4 Å². The molecule has 0 spiro atoms. The van der Waals surface area contributed by atoms with E-state index in [-0.39, 0.29) is 18.6 Å². The number of carbonyl (C=O) groups excluding carboxylic acids is 2. The molecule has 2 unspecified atom stereocenters. The topological polar surface area (TPSA) is 239 Å². The van der Waals surface area contributed by atoms with Crippen molar-refractivity contribution in [3.05, 3.63) is 29.8 Å². The minimum Gasteiger partial charge on any atom is -0.508 e. The van der Waals surface area contributed by atoms with E-state index in [1.165, 1.54) is 24.3 Å². The Bertz CT molecular complexity index is 970. The van der Waals surface area contributed by atoms with Crippen LogP contribution in [-0.2, 0) is 35.6 Å². The number of carboxylic acids is 2. The Morgan fingerprint density at radius 1 is 1.00 bits per heavy atom. The average molecular weight is 507 g/mol. The lowest BCUT2D eigenvalue weighted by Crippen LogP contribution is -2.55. The number of phenols is 1. The van der Waals surface area contributed by atoms with E-state index < -0.39 is 69.3 Å². The summed E-state index contributed by atoms with van der Waals surface area (Å²) in [6, 6.07) is 1.44. The van der Waals surface area contributed by atoms with Crippen LogP contribution >= 0.6 is 12.6 Å². The van der Waals surface area contributed by atoms with Gasteiger partial charge in [0.2, 0.25) is 21.8 Å². The second kappa shape index (κ2) is 12.4. The lowest BCUT2D eigenvalue weighted by molar-refractivity contribution is -0.147. The van der Waals surface area contributed by atoms with Crippen molar-refractivity contribution < 1.29 is 42.9 Å². The van der Waals surface area contributed by atoms with Gasteiger partial charge in [-0.15, -0.1) is 0 Å². The molecule has 0 bridgehead atoms. The largest absolute Gasteiger partial charge is 0.508 e. The SMILES string of the molecule is NC(CCS(N)(=O)=O)C(S)C(=O)N[C@@H](Cc1ccc(O)cc1)C(=O)N[C@@H](CC(=O)O)C(=O)O. The number of sulfonamides is 1. The number of thiol groups is 1. The molecule has 0 heterocycles. The number of nitrogens with two attached hydrogens (primary N) is 2. The van der Waals surface area contributed by atoms with Crippen LogP contribution in [-0.4, -0.2) is 76.6 Å². The van der Waals surface area contributed by atoms with Crippen LogP contribution in [0, 0.1) is 0 Å². The molecule has 9 N–H and O–H groups in total. The van der Waals surface area contributed by atoms with Gasteiger partial charge in [-0.05, 0) is 24.1 Å². The maximum atomic E-state index is 12.7. The van der Waals surface area contributed by atoms with E-state index in [0.717, 1.165) is 0 Å². The van der Waals surface area contributed by atoms with E-state index in [1.807, 2.05) is 0 Å². The maximum absolute atomic E-state index is 12.7. The van der Waals surface area contributed by atoms with Crippen LogP contribution in [0.5, 0.6) is 5.75 Å². The van der Waals surface area contributed by atoms with Crippen molar-refractivity contribution in [3.8, 4) is 5.75 Å². The molecule has 0 aromatic heterocycles. The molecule has 0 saturated heterocycles. The Kier molecular flexibility index (Phi) is 10.6. The predicted molar refractivity (Wildman–Crippen MR) is 119 cm³/mol. The molecule has 0 aliphatic rings. The number of phenolic OH excluding ortho intramolecular Hbond substituents is 1. The molecule has 0 aliphatic heterocycles. The molecule has 0 saturated carbocycles. The highest BCUT2D eigenvalue weighted by atomic mass is 32.2. The van der Waals surface area contributed by atoms with Crippen molar-refractivity contribution in [1.29, 1.82) is 0 Å². The highest BCUT2D eigenvalue weighted by molar-refractivity contribution is 7.89. The second-order valence-electron chi connectivity index (χ2n) is 7.19. The number of benzene rings is 1. The summed E-state index contributed by atoms with van der Waals surface area (Å²) in [5.74, 6) is -5.41. The second-order valence-corrected chi connectivity index (χ2v) is 9.48. The highest BCUT2D eigenvalue weighted by Gasteiger charge is 2.31. The first kappa shape index (κ1) is 28.2. The van der Waals surface area contributed by atoms with Crippen molar-refractivity contribution in [2.75, 3.05) is 5.75 Å². The first-order chi connectivity index (χ1) is 15.2. The summed E-state index contributed by atoms with van der Waals surface area (Å²) in [5.41, 5.74) is 6.27. The van der Waals surface area contributed by atoms with Crippen molar-refractivity contribution in [3.63, 3.8) is 0 Å². The minimum absolute atomic E-state index is 0.0487. The standard InChI is InChI=1S/C18H26N4O9S2/c19-11(5-6-33(20,30)31)15(32)17(27)21-12(7-9-1-3-10(23)4-2-9)16(26)22-13(18(28)29)8-14(24)25/h1-4,11-13,15,23,32H,5-8,19H2,(H,21,27)(H,22,26)(H,24,25)(H,28,29)(H2,20,30,31)/t11?,12-,13-,15?/m0/s1. The van der Waals surface area contributed by atoms with Crippen LogP contribution in [0.4, 0.5) is 0 Å². The Hall–Kier alpha value is -2.88. The quantitative estimate of drug-likeness (QED) is 0.134. The van der Waals surface area contributed by atoms with E-state index in [1.54, 1.807) is 0 Å². The van der Waals surface area contributed by atoms with Crippen molar-refractivity contribution in [2.45, 2.75) is 42.6 Å². The zero-order valence-corrected chi connectivity index (χ0v) is 19.0. The monoisotopic (exact) mass is 506 g/mol.